The SMILES string of the molecule is CC1(C)c2ccccc2Oc2c1c1ccccc1c1c3ccccc3n(-c3nc(-c4ccc5sc6ccccc6c5c4)c4c5ccccc5c5ccccc5c4n3)c21. The minimum Gasteiger partial charge on any atom is -0.454 e. The van der Waals surface area contributed by atoms with Crippen molar-refractivity contribution in [3.63, 3.8) is 0 Å². The van der Waals surface area contributed by atoms with Crippen molar-refractivity contribution in [3.05, 3.63) is 175 Å². The first-order valence-electron chi connectivity index (χ1n) is 19.8. The molecule has 13 rings (SSSR count). The van der Waals surface area contributed by atoms with E-state index >= 15 is 0 Å². The van der Waals surface area contributed by atoms with Crippen molar-refractivity contribution in [2.75, 3.05) is 0 Å². The zero-order valence-corrected chi connectivity index (χ0v) is 32.6. The smallest absolute Gasteiger partial charge is 0.235 e. The van der Waals surface area contributed by atoms with Gasteiger partial charge in [-0.25, -0.2) is 9.97 Å². The van der Waals surface area contributed by atoms with Crippen LogP contribution < -0.4 is 4.74 Å². The molecule has 9 aromatic carbocycles. The van der Waals surface area contributed by atoms with Crippen molar-refractivity contribution in [1.29, 1.82) is 0 Å². The lowest BCUT2D eigenvalue weighted by atomic mass is 9.73. The zero-order chi connectivity index (χ0) is 38.3. The monoisotopic (exact) mass is 759 g/mol. The fourth-order valence-corrected chi connectivity index (χ4v) is 11.2. The summed E-state index contributed by atoms with van der Waals surface area (Å²) in [7, 11) is 0. The highest BCUT2D eigenvalue weighted by Gasteiger charge is 2.39. The number of benzene rings is 9. The van der Waals surface area contributed by atoms with Crippen LogP contribution in [0.3, 0.4) is 0 Å². The first-order chi connectivity index (χ1) is 28.5. The number of hydrogen-bond acceptors (Lipinski definition) is 4. The summed E-state index contributed by atoms with van der Waals surface area (Å²) in [6.07, 6.45) is 0. The van der Waals surface area contributed by atoms with E-state index in [1.54, 1.807) is 0 Å². The van der Waals surface area contributed by atoms with Crippen LogP contribution in [0.25, 0.3) is 102 Å². The summed E-state index contributed by atoms with van der Waals surface area (Å²) in [6, 6.07) is 58.9. The Labute approximate surface area is 337 Å². The third kappa shape index (κ3) is 4.18. The fraction of sp³-hybridized carbons (Fsp3) is 0.0566. The van der Waals surface area contributed by atoms with Gasteiger partial charge in [-0.05, 0) is 57.3 Å². The van der Waals surface area contributed by atoms with Crippen molar-refractivity contribution in [3.8, 4) is 28.7 Å². The van der Waals surface area contributed by atoms with Crippen LogP contribution in [0, 0.1) is 0 Å². The van der Waals surface area contributed by atoms with Crippen LogP contribution >= 0.6 is 11.3 Å². The molecule has 12 aromatic rings. The lowest BCUT2D eigenvalue weighted by molar-refractivity contribution is 0.424. The van der Waals surface area contributed by atoms with E-state index < -0.39 is 0 Å². The molecule has 4 heterocycles. The molecule has 0 bridgehead atoms. The number of ether oxygens (including phenoxy) is 1. The van der Waals surface area contributed by atoms with Crippen LogP contribution in [0.2, 0.25) is 0 Å². The number of fused-ring (bicyclic) bond motifs is 18. The maximum Gasteiger partial charge on any atom is 0.235 e. The van der Waals surface area contributed by atoms with E-state index in [0.717, 1.165) is 66.2 Å². The molecule has 0 amide bonds. The third-order valence-electron chi connectivity index (χ3n) is 12.6. The zero-order valence-electron chi connectivity index (χ0n) is 31.7. The third-order valence-corrected chi connectivity index (χ3v) is 13.7. The molecule has 0 atom stereocenters. The molecule has 0 fully saturated rings. The van der Waals surface area contributed by atoms with E-state index in [1.807, 2.05) is 11.3 Å². The molecule has 5 heteroatoms. The fourth-order valence-electron chi connectivity index (χ4n) is 10.1. The minimum absolute atomic E-state index is 0.345. The molecular weight excluding hydrogens is 727 g/mol. The lowest BCUT2D eigenvalue weighted by Gasteiger charge is -2.36. The molecule has 58 heavy (non-hydrogen) atoms. The summed E-state index contributed by atoms with van der Waals surface area (Å²) in [4.78, 5) is 11.4. The van der Waals surface area contributed by atoms with Gasteiger partial charge in [-0.2, -0.15) is 0 Å². The molecule has 0 unspecified atom stereocenters. The molecule has 0 aliphatic carbocycles. The van der Waals surface area contributed by atoms with Crippen molar-refractivity contribution < 1.29 is 4.74 Å². The maximum absolute atomic E-state index is 7.16. The van der Waals surface area contributed by atoms with E-state index in [0.29, 0.717) is 5.95 Å². The quantitative estimate of drug-likeness (QED) is 0.165. The molecule has 0 N–H and O–H groups in total. The molecule has 3 aromatic heterocycles. The van der Waals surface area contributed by atoms with Crippen molar-refractivity contribution in [2.24, 2.45) is 0 Å². The number of hydrogen-bond donors (Lipinski definition) is 0. The first kappa shape index (κ1) is 32.1. The van der Waals surface area contributed by atoms with E-state index in [4.69, 9.17) is 14.7 Å². The van der Waals surface area contributed by atoms with Gasteiger partial charge in [0.2, 0.25) is 5.95 Å². The van der Waals surface area contributed by atoms with Crippen molar-refractivity contribution >= 4 is 96.5 Å². The van der Waals surface area contributed by atoms with Crippen LogP contribution in [0.1, 0.15) is 25.0 Å². The van der Waals surface area contributed by atoms with Gasteiger partial charge in [0.25, 0.3) is 0 Å². The predicted octanol–water partition coefficient (Wildman–Crippen LogP) is 14.7. The highest BCUT2D eigenvalue weighted by Crippen LogP contribution is 2.55. The molecule has 0 spiro atoms. The highest BCUT2D eigenvalue weighted by atomic mass is 32.1. The largest absolute Gasteiger partial charge is 0.454 e. The van der Waals surface area contributed by atoms with Crippen LogP contribution in [0.5, 0.6) is 11.5 Å². The number of aromatic nitrogens is 3. The van der Waals surface area contributed by atoms with Crippen LogP contribution in [-0.2, 0) is 5.41 Å². The second-order valence-corrected chi connectivity index (χ2v) is 17.1. The molecule has 1 aliphatic rings. The second kappa shape index (κ2) is 11.5. The first-order valence-corrected chi connectivity index (χ1v) is 20.7. The Bertz CT molecular complexity index is 3760. The Kier molecular flexibility index (Phi) is 6.36. The summed E-state index contributed by atoms with van der Waals surface area (Å²) in [5.74, 6) is 2.35. The Balaban J connectivity index is 1.24. The number of para-hydroxylation sites is 2. The van der Waals surface area contributed by atoms with Crippen molar-refractivity contribution in [2.45, 2.75) is 19.3 Å². The Morgan fingerprint density at radius 1 is 0.517 bits per heavy atom. The van der Waals surface area contributed by atoms with Gasteiger partial charge in [-0.3, -0.25) is 4.57 Å². The molecular formula is C53H33N3OS. The molecule has 4 nitrogen and oxygen atoms in total. The van der Waals surface area contributed by atoms with Gasteiger partial charge in [0, 0.05) is 63.8 Å². The average Bonchev–Trinajstić information content (AvgIpc) is 3.82. The maximum atomic E-state index is 7.16. The highest BCUT2D eigenvalue weighted by molar-refractivity contribution is 7.25. The number of rotatable bonds is 2. The van der Waals surface area contributed by atoms with Crippen LogP contribution in [-0.4, -0.2) is 14.5 Å². The predicted molar refractivity (Wildman–Crippen MR) is 243 cm³/mol. The molecule has 1 aliphatic heterocycles. The van der Waals surface area contributed by atoms with Gasteiger partial charge < -0.3 is 4.74 Å². The van der Waals surface area contributed by atoms with Gasteiger partial charge in [0.1, 0.15) is 11.3 Å². The average molecular weight is 760 g/mol. The van der Waals surface area contributed by atoms with E-state index in [9.17, 15) is 0 Å². The van der Waals surface area contributed by atoms with Crippen LogP contribution in [0.15, 0.2) is 164 Å². The van der Waals surface area contributed by atoms with Crippen LogP contribution in [0.4, 0.5) is 0 Å². The van der Waals surface area contributed by atoms with E-state index in [-0.39, 0.29) is 5.41 Å². The molecule has 0 saturated carbocycles. The summed E-state index contributed by atoms with van der Waals surface area (Å²) in [5, 5.41) is 12.8. The number of thiophene rings is 1. The Hall–Kier alpha value is -7.08. The van der Waals surface area contributed by atoms with Gasteiger partial charge in [0.05, 0.1) is 16.7 Å². The summed E-state index contributed by atoms with van der Waals surface area (Å²) < 4.78 is 12.0. The summed E-state index contributed by atoms with van der Waals surface area (Å²) >= 11 is 1.84. The van der Waals surface area contributed by atoms with Crippen molar-refractivity contribution in [1.82, 2.24) is 14.5 Å². The molecule has 272 valence electrons. The molecule has 0 saturated heterocycles. The van der Waals surface area contributed by atoms with Gasteiger partial charge >= 0.3 is 0 Å². The Morgan fingerprint density at radius 2 is 1.12 bits per heavy atom. The standard InChI is InChI=1S/C53H33N3OS/c1-53(2)40-23-11-13-25-42(40)57-51-47(53)36-20-7-6-19-35(36)45-38-22-9-12-24-41(38)56(50(45)51)52-54-48(30-27-28-44-39(29-30)33-17-10-14-26-43(33)58-44)46-34-18-5-3-15-31(34)32-16-4-8-21-37(32)49(46)55-52/h3-29H,1-2H3. The van der Waals surface area contributed by atoms with E-state index in [1.165, 1.54) is 52.8 Å². The normalized spacial score (nSPS) is 13.6. The minimum atomic E-state index is -0.345. The summed E-state index contributed by atoms with van der Waals surface area (Å²) in [5.41, 5.74) is 6.91. The second-order valence-electron chi connectivity index (χ2n) is 16.0. The number of nitrogens with zero attached hydrogens (tertiary/aromatic N) is 3. The summed E-state index contributed by atoms with van der Waals surface area (Å²) in [6.45, 7) is 4.65. The van der Waals surface area contributed by atoms with Gasteiger partial charge in [-0.1, -0.05) is 147 Å². The van der Waals surface area contributed by atoms with Gasteiger partial charge in [0.15, 0.2) is 5.75 Å². The lowest BCUT2D eigenvalue weighted by Crippen LogP contribution is -2.25. The van der Waals surface area contributed by atoms with Gasteiger partial charge in [-0.15, -0.1) is 11.3 Å². The topological polar surface area (TPSA) is 39.9 Å². The van der Waals surface area contributed by atoms with E-state index in [2.05, 4.69) is 182 Å². The Morgan fingerprint density at radius 3 is 1.93 bits per heavy atom. The molecule has 0 radical (unpaired) electrons.